The van der Waals surface area contributed by atoms with Gasteiger partial charge in [-0.15, -0.1) is 0 Å². The predicted molar refractivity (Wildman–Crippen MR) is 114 cm³/mol. The van der Waals surface area contributed by atoms with Crippen LogP contribution in [-0.2, 0) is 0 Å². The van der Waals surface area contributed by atoms with Gasteiger partial charge < -0.3 is 23.4 Å². The Kier molecular flexibility index (Phi) is 4.82. The lowest BCUT2D eigenvalue weighted by Crippen LogP contribution is -2.29. The smallest absolute Gasteiger partial charge is 0.254 e. The molecule has 0 bridgehead atoms. The van der Waals surface area contributed by atoms with Crippen LogP contribution in [0.2, 0.25) is 0 Å². The molecule has 1 fully saturated rings. The van der Waals surface area contributed by atoms with E-state index in [2.05, 4.69) is 9.55 Å². The van der Waals surface area contributed by atoms with Crippen molar-refractivity contribution in [1.82, 2.24) is 19.4 Å². The van der Waals surface area contributed by atoms with E-state index in [1.807, 2.05) is 23.1 Å². The van der Waals surface area contributed by atoms with E-state index in [9.17, 15) is 4.79 Å². The topological polar surface area (TPSA) is 82.6 Å². The predicted octanol–water partition coefficient (Wildman–Crippen LogP) is 3.80. The van der Waals surface area contributed by atoms with Crippen LogP contribution >= 0.6 is 0 Å². The van der Waals surface area contributed by atoms with E-state index in [0.29, 0.717) is 30.2 Å². The number of amides is 1. The van der Waals surface area contributed by atoms with Crippen molar-refractivity contribution < 1.29 is 18.7 Å². The Labute approximate surface area is 179 Å². The van der Waals surface area contributed by atoms with Crippen LogP contribution in [0.3, 0.4) is 0 Å². The highest BCUT2D eigenvalue weighted by atomic mass is 16.5. The largest absolute Gasteiger partial charge is 0.493 e. The second kappa shape index (κ2) is 7.79. The maximum Gasteiger partial charge on any atom is 0.254 e. The average molecular weight is 418 g/mol. The van der Waals surface area contributed by atoms with Crippen LogP contribution in [0, 0.1) is 0 Å². The van der Waals surface area contributed by atoms with Gasteiger partial charge in [-0.25, -0.2) is 9.97 Å². The van der Waals surface area contributed by atoms with Crippen molar-refractivity contribution in [2.45, 2.75) is 12.5 Å². The molecule has 1 aromatic carbocycles. The Morgan fingerprint density at radius 2 is 2.03 bits per heavy atom. The summed E-state index contributed by atoms with van der Waals surface area (Å²) in [4.78, 5) is 24.4. The summed E-state index contributed by atoms with van der Waals surface area (Å²) in [5.74, 6) is 1.90. The Morgan fingerprint density at radius 1 is 1.16 bits per heavy atom. The molecule has 0 aliphatic carbocycles. The van der Waals surface area contributed by atoms with Crippen LogP contribution in [0.15, 0.2) is 59.5 Å². The molecule has 31 heavy (non-hydrogen) atoms. The molecule has 0 saturated carbocycles. The molecule has 158 valence electrons. The zero-order chi connectivity index (χ0) is 21.4. The number of likely N-dealkylation sites (tertiary alicyclic amines) is 1. The van der Waals surface area contributed by atoms with Crippen LogP contribution in [-0.4, -0.2) is 52.7 Å². The maximum atomic E-state index is 13.2. The highest BCUT2D eigenvalue weighted by Crippen LogP contribution is 2.34. The number of benzene rings is 1. The fourth-order valence-electron chi connectivity index (χ4n) is 4.16. The summed E-state index contributed by atoms with van der Waals surface area (Å²) in [6.07, 6.45) is 5.89. The Bertz CT molecular complexity index is 1230. The van der Waals surface area contributed by atoms with Gasteiger partial charge in [0, 0.05) is 24.8 Å². The number of aromatic nitrogens is 3. The number of furan rings is 1. The number of carbonyl (C=O) groups excluding carboxylic acids is 1. The van der Waals surface area contributed by atoms with Crippen LogP contribution in [0.4, 0.5) is 0 Å². The van der Waals surface area contributed by atoms with Gasteiger partial charge in [0.05, 0.1) is 32.1 Å². The van der Waals surface area contributed by atoms with Crippen molar-refractivity contribution in [3.05, 3.63) is 60.7 Å². The molecular formula is C23H22N4O4. The van der Waals surface area contributed by atoms with Crippen molar-refractivity contribution in [2.75, 3.05) is 27.3 Å². The number of hydrogen-bond donors (Lipinski definition) is 0. The van der Waals surface area contributed by atoms with E-state index < -0.39 is 0 Å². The summed E-state index contributed by atoms with van der Waals surface area (Å²) >= 11 is 0. The third kappa shape index (κ3) is 3.30. The van der Waals surface area contributed by atoms with Gasteiger partial charge in [-0.2, -0.15) is 0 Å². The lowest BCUT2D eigenvalue weighted by atomic mass is 10.1. The molecule has 1 aliphatic rings. The average Bonchev–Trinajstić information content (AvgIpc) is 3.56. The fraction of sp³-hybridized carbons (Fsp3) is 0.261. The lowest BCUT2D eigenvalue weighted by molar-refractivity contribution is 0.0787. The molecule has 0 N–H and O–H groups in total. The first kappa shape index (κ1) is 19.2. The van der Waals surface area contributed by atoms with Gasteiger partial charge >= 0.3 is 0 Å². The molecular weight excluding hydrogens is 396 g/mol. The van der Waals surface area contributed by atoms with E-state index in [1.165, 1.54) is 0 Å². The minimum absolute atomic E-state index is 0.0364. The number of fused-ring (bicyclic) bond motifs is 1. The number of rotatable bonds is 5. The van der Waals surface area contributed by atoms with Crippen molar-refractivity contribution in [1.29, 1.82) is 0 Å². The number of imidazole rings is 1. The summed E-state index contributed by atoms with van der Waals surface area (Å²) in [6.45, 7) is 1.22. The minimum Gasteiger partial charge on any atom is -0.493 e. The van der Waals surface area contributed by atoms with Crippen molar-refractivity contribution in [3.63, 3.8) is 0 Å². The molecule has 1 saturated heterocycles. The molecule has 0 spiro atoms. The monoisotopic (exact) mass is 418 g/mol. The van der Waals surface area contributed by atoms with Gasteiger partial charge in [-0.05, 0) is 42.8 Å². The molecule has 4 aromatic rings. The molecule has 0 radical (unpaired) electrons. The van der Waals surface area contributed by atoms with Gasteiger partial charge in [0.1, 0.15) is 17.6 Å². The van der Waals surface area contributed by atoms with Crippen molar-refractivity contribution in [2.24, 2.45) is 0 Å². The van der Waals surface area contributed by atoms with E-state index in [4.69, 9.17) is 18.9 Å². The SMILES string of the molecule is COc1ccc(C(=O)N2CC[C@@H](n3c(-c4ccoc4)nc4cccnc43)C2)cc1OC. The Balaban J connectivity index is 1.46. The summed E-state index contributed by atoms with van der Waals surface area (Å²) in [6, 6.07) is 11.0. The van der Waals surface area contributed by atoms with E-state index >= 15 is 0 Å². The zero-order valence-electron chi connectivity index (χ0n) is 17.3. The fourth-order valence-corrected chi connectivity index (χ4v) is 4.16. The number of carbonyl (C=O) groups is 1. The highest BCUT2D eigenvalue weighted by molar-refractivity contribution is 5.95. The molecule has 4 heterocycles. The molecule has 1 amide bonds. The molecule has 8 heteroatoms. The van der Waals surface area contributed by atoms with Crippen LogP contribution in [0.1, 0.15) is 22.8 Å². The second-order valence-electron chi connectivity index (χ2n) is 7.43. The van der Waals surface area contributed by atoms with Crippen LogP contribution in [0.5, 0.6) is 11.5 Å². The second-order valence-corrected chi connectivity index (χ2v) is 7.43. The number of ether oxygens (including phenoxy) is 2. The summed E-state index contributed by atoms with van der Waals surface area (Å²) in [7, 11) is 3.14. The summed E-state index contributed by atoms with van der Waals surface area (Å²) < 4.78 is 18.0. The van der Waals surface area contributed by atoms with E-state index in [0.717, 1.165) is 29.0 Å². The highest BCUT2D eigenvalue weighted by Gasteiger charge is 2.31. The van der Waals surface area contributed by atoms with Crippen LogP contribution < -0.4 is 9.47 Å². The quantitative estimate of drug-likeness (QED) is 0.490. The van der Waals surface area contributed by atoms with Crippen LogP contribution in [0.25, 0.3) is 22.6 Å². The molecule has 0 unspecified atom stereocenters. The third-order valence-corrected chi connectivity index (χ3v) is 5.67. The maximum absolute atomic E-state index is 13.2. The molecule has 1 atom stereocenters. The number of nitrogens with zero attached hydrogens (tertiary/aromatic N) is 4. The van der Waals surface area contributed by atoms with Gasteiger partial charge in [-0.1, -0.05) is 0 Å². The number of hydrogen-bond acceptors (Lipinski definition) is 6. The standard InChI is InChI=1S/C23H22N4O4/c1-29-19-6-5-15(12-20(19)30-2)23(28)26-10-7-17(13-26)27-21(16-8-11-31-14-16)25-18-4-3-9-24-22(18)27/h3-6,8-9,11-12,14,17H,7,10,13H2,1-2H3/t17-/m1/s1. The normalized spacial score (nSPS) is 16.1. The van der Waals surface area contributed by atoms with Crippen molar-refractivity contribution >= 4 is 17.1 Å². The Hall–Kier alpha value is -3.81. The molecule has 1 aliphatic heterocycles. The minimum atomic E-state index is -0.0364. The molecule has 5 rings (SSSR count). The Morgan fingerprint density at radius 3 is 2.81 bits per heavy atom. The first-order valence-electron chi connectivity index (χ1n) is 10.1. The van der Waals surface area contributed by atoms with E-state index in [1.54, 1.807) is 51.1 Å². The van der Waals surface area contributed by atoms with Gasteiger partial charge in [0.25, 0.3) is 5.91 Å². The number of pyridine rings is 1. The third-order valence-electron chi connectivity index (χ3n) is 5.67. The van der Waals surface area contributed by atoms with Gasteiger partial charge in [0.15, 0.2) is 17.1 Å². The van der Waals surface area contributed by atoms with E-state index in [-0.39, 0.29) is 11.9 Å². The molecule has 8 nitrogen and oxygen atoms in total. The van der Waals surface area contributed by atoms with Gasteiger partial charge in [0.2, 0.25) is 0 Å². The molecule has 3 aromatic heterocycles. The van der Waals surface area contributed by atoms with Crippen molar-refractivity contribution in [3.8, 4) is 22.9 Å². The number of methoxy groups -OCH3 is 2. The first-order valence-corrected chi connectivity index (χ1v) is 10.1. The lowest BCUT2D eigenvalue weighted by Gasteiger charge is -2.19. The zero-order valence-corrected chi connectivity index (χ0v) is 17.3. The first-order chi connectivity index (χ1) is 15.2. The summed E-state index contributed by atoms with van der Waals surface area (Å²) in [5, 5.41) is 0. The summed E-state index contributed by atoms with van der Waals surface area (Å²) in [5.41, 5.74) is 3.09. The van der Waals surface area contributed by atoms with Gasteiger partial charge in [-0.3, -0.25) is 4.79 Å².